The van der Waals surface area contributed by atoms with Gasteiger partial charge in [0.05, 0.1) is 33.5 Å². The maximum Gasteiger partial charge on any atom is 0.251 e. The minimum atomic E-state index is -1.70. The van der Waals surface area contributed by atoms with E-state index in [1.807, 2.05) is 0 Å². The normalized spacial score (nSPS) is 33.6. The third-order valence-electron chi connectivity index (χ3n) is 6.96. The Morgan fingerprint density at radius 3 is 1.83 bits per heavy atom. The van der Waals surface area contributed by atoms with Gasteiger partial charge in [-0.3, -0.25) is 4.79 Å². The van der Waals surface area contributed by atoms with Crippen LogP contribution in [0.2, 0.25) is 0 Å². The molecule has 0 radical (unpaired) electrons. The van der Waals surface area contributed by atoms with Crippen molar-refractivity contribution in [1.29, 1.82) is 0 Å². The van der Waals surface area contributed by atoms with E-state index < -0.39 is 80.5 Å². The minimum absolute atomic E-state index is 0.206. The molecule has 14 heteroatoms. The molecule has 41 heavy (non-hydrogen) atoms. The molecule has 0 aromatic heterocycles. The average molecular weight is 582 g/mol. The van der Waals surface area contributed by atoms with Crippen LogP contribution in [0.4, 0.5) is 0 Å². The number of methoxy groups -OCH3 is 2. The number of hydrogen-bond donors (Lipinski definition) is 7. The zero-order chi connectivity index (χ0) is 29.7. The molecule has 2 aliphatic heterocycles. The molecule has 2 aliphatic rings. The standard InChI is InChI=1S/C27H35NO13/c1-36-14-5-3-13(4-6-14)25(35)28-19-20(31)17(11-29)39-26(21(19)32)41-24-18(12-30)40-27(23(34)22(24)33)38-16-9-7-15(37-2)8-10-16/h3-10,17-24,26-27,29-34H,11-12H2,1-2H3,(H,28,35)/t17-,18-,19+,20+,21-,22-,23-,24+,26-,27-/m1/s1. The predicted octanol–water partition coefficient (Wildman–Crippen LogP) is -1.86. The van der Waals surface area contributed by atoms with E-state index in [1.54, 1.807) is 36.4 Å². The molecule has 2 aromatic carbocycles. The molecule has 0 spiro atoms. The van der Waals surface area contributed by atoms with E-state index in [0.717, 1.165) is 0 Å². The number of nitrogens with one attached hydrogen (secondary N) is 1. The molecule has 0 saturated carbocycles. The maximum absolute atomic E-state index is 12.8. The fourth-order valence-electron chi connectivity index (χ4n) is 4.61. The summed E-state index contributed by atoms with van der Waals surface area (Å²) in [5.74, 6) is 0.739. The first-order chi connectivity index (χ1) is 19.7. The highest BCUT2D eigenvalue weighted by molar-refractivity contribution is 5.94. The van der Waals surface area contributed by atoms with E-state index in [4.69, 9.17) is 28.4 Å². The van der Waals surface area contributed by atoms with Crippen molar-refractivity contribution in [3.05, 3.63) is 54.1 Å². The lowest BCUT2D eigenvalue weighted by Gasteiger charge is -2.46. The summed E-state index contributed by atoms with van der Waals surface area (Å²) in [6, 6.07) is 11.1. The van der Waals surface area contributed by atoms with Crippen molar-refractivity contribution in [3.63, 3.8) is 0 Å². The van der Waals surface area contributed by atoms with E-state index in [1.165, 1.54) is 26.4 Å². The Morgan fingerprint density at radius 2 is 1.27 bits per heavy atom. The van der Waals surface area contributed by atoms with Crippen molar-refractivity contribution in [2.45, 2.75) is 61.3 Å². The minimum Gasteiger partial charge on any atom is -0.497 e. The number of aliphatic hydroxyl groups is 6. The van der Waals surface area contributed by atoms with Gasteiger partial charge in [0, 0.05) is 5.56 Å². The van der Waals surface area contributed by atoms with E-state index in [9.17, 15) is 35.4 Å². The van der Waals surface area contributed by atoms with E-state index in [0.29, 0.717) is 17.2 Å². The molecule has 226 valence electrons. The zero-order valence-electron chi connectivity index (χ0n) is 22.3. The molecular formula is C27H35NO13. The van der Waals surface area contributed by atoms with Gasteiger partial charge < -0.3 is 64.4 Å². The van der Waals surface area contributed by atoms with Crippen LogP contribution >= 0.6 is 0 Å². The molecule has 1 amide bonds. The molecule has 14 nitrogen and oxygen atoms in total. The summed E-state index contributed by atoms with van der Waals surface area (Å²) in [5, 5.41) is 65.6. The number of amides is 1. The molecule has 2 fully saturated rings. The first kappa shape index (κ1) is 30.9. The number of hydrogen-bond acceptors (Lipinski definition) is 13. The molecule has 0 aliphatic carbocycles. The first-order valence-electron chi connectivity index (χ1n) is 12.9. The van der Waals surface area contributed by atoms with Crippen molar-refractivity contribution >= 4 is 5.91 Å². The van der Waals surface area contributed by atoms with E-state index >= 15 is 0 Å². The number of aliphatic hydroxyl groups excluding tert-OH is 6. The Balaban J connectivity index is 1.46. The molecule has 2 saturated heterocycles. The third-order valence-corrected chi connectivity index (χ3v) is 6.96. The van der Waals surface area contributed by atoms with Crippen LogP contribution in [0.1, 0.15) is 10.4 Å². The number of benzene rings is 2. The van der Waals surface area contributed by atoms with Gasteiger partial charge in [-0.15, -0.1) is 0 Å². The molecular weight excluding hydrogens is 546 g/mol. The van der Waals surface area contributed by atoms with E-state index in [-0.39, 0.29) is 5.56 Å². The van der Waals surface area contributed by atoms with Crippen molar-refractivity contribution in [3.8, 4) is 17.2 Å². The second-order valence-electron chi connectivity index (χ2n) is 9.54. The van der Waals surface area contributed by atoms with Crippen LogP contribution in [0.3, 0.4) is 0 Å². The Morgan fingerprint density at radius 1 is 0.732 bits per heavy atom. The Hall–Kier alpha value is -3.05. The van der Waals surface area contributed by atoms with Crippen LogP contribution in [0, 0.1) is 0 Å². The molecule has 4 rings (SSSR count). The van der Waals surface area contributed by atoms with E-state index in [2.05, 4.69) is 5.32 Å². The zero-order valence-corrected chi connectivity index (χ0v) is 22.3. The van der Waals surface area contributed by atoms with Crippen molar-refractivity contribution in [2.24, 2.45) is 0 Å². The van der Waals surface area contributed by atoms with Crippen LogP contribution in [0.25, 0.3) is 0 Å². The van der Waals surface area contributed by atoms with Crippen LogP contribution in [0.15, 0.2) is 48.5 Å². The molecule has 10 atom stereocenters. The fourth-order valence-corrected chi connectivity index (χ4v) is 4.61. The number of carbonyl (C=O) groups is 1. The summed E-state index contributed by atoms with van der Waals surface area (Å²) >= 11 is 0. The van der Waals surface area contributed by atoms with Gasteiger partial charge in [-0.2, -0.15) is 0 Å². The summed E-state index contributed by atoms with van der Waals surface area (Å²) in [6.45, 7) is -1.38. The van der Waals surface area contributed by atoms with Gasteiger partial charge in [-0.05, 0) is 48.5 Å². The van der Waals surface area contributed by atoms with Gasteiger partial charge in [0.1, 0.15) is 60.0 Å². The van der Waals surface area contributed by atoms with Gasteiger partial charge in [0.2, 0.25) is 6.29 Å². The highest BCUT2D eigenvalue weighted by Crippen LogP contribution is 2.31. The van der Waals surface area contributed by atoms with Crippen molar-refractivity contribution < 1.29 is 63.9 Å². The van der Waals surface area contributed by atoms with Gasteiger partial charge in [-0.1, -0.05) is 0 Å². The monoisotopic (exact) mass is 581 g/mol. The van der Waals surface area contributed by atoms with Gasteiger partial charge in [0.25, 0.3) is 5.91 Å². The smallest absolute Gasteiger partial charge is 0.251 e. The molecule has 2 heterocycles. The lowest BCUT2D eigenvalue weighted by atomic mass is 9.94. The summed E-state index contributed by atoms with van der Waals surface area (Å²) in [5.41, 5.74) is 0.206. The quantitative estimate of drug-likeness (QED) is 0.165. The summed E-state index contributed by atoms with van der Waals surface area (Å²) in [4.78, 5) is 12.8. The summed E-state index contributed by atoms with van der Waals surface area (Å²) in [7, 11) is 2.97. The van der Waals surface area contributed by atoms with Gasteiger partial charge in [0.15, 0.2) is 6.29 Å². The van der Waals surface area contributed by atoms with Crippen molar-refractivity contribution in [2.75, 3.05) is 27.4 Å². The van der Waals surface area contributed by atoms with Crippen LogP contribution in [-0.4, -0.2) is 125 Å². The highest BCUT2D eigenvalue weighted by Gasteiger charge is 2.51. The van der Waals surface area contributed by atoms with Gasteiger partial charge in [-0.25, -0.2) is 0 Å². The average Bonchev–Trinajstić information content (AvgIpc) is 3.00. The Kier molecular flexibility index (Phi) is 10.4. The lowest BCUT2D eigenvalue weighted by molar-refractivity contribution is -0.343. The Bertz CT molecular complexity index is 1120. The number of ether oxygens (including phenoxy) is 6. The Labute approximate surface area is 235 Å². The van der Waals surface area contributed by atoms with Gasteiger partial charge >= 0.3 is 0 Å². The van der Waals surface area contributed by atoms with Crippen LogP contribution < -0.4 is 19.5 Å². The largest absolute Gasteiger partial charge is 0.497 e. The maximum atomic E-state index is 12.8. The first-order valence-corrected chi connectivity index (χ1v) is 12.9. The highest BCUT2D eigenvalue weighted by atomic mass is 16.7. The SMILES string of the molecule is COc1ccc(O[C@@H]2O[C@H](CO)[C@H](O[C@H]3O[C@H](CO)[C@H](O)[C@H](NC(=O)c4ccc(OC)cc4)[C@H]3O)[C@H](O)[C@H]2O)cc1. The summed E-state index contributed by atoms with van der Waals surface area (Å²) < 4.78 is 32.7. The fraction of sp³-hybridized carbons (Fsp3) is 0.519. The van der Waals surface area contributed by atoms with Crippen molar-refractivity contribution in [1.82, 2.24) is 5.32 Å². The predicted molar refractivity (Wildman–Crippen MR) is 138 cm³/mol. The molecule has 0 bridgehead atoms. The number of rotatable bonds is 10. The topological polar surface area (TPSA) is 206 Å². The second kappa shape index (κ2) is 13.7. The lowest BCUT2D eigenvalue weighted by Crippen LogP contribution is -2.67. The summed E-state index contributed by atoms with van der Waals surface area (Å²) in [6.07, 6.45) is -13.6. The van der Waals surface area contributed by atoms with Crippen LogP contribution in [0.5, 0.6) is 17.2 Å². The second-order valence-corrected chi connectivity index (χ2v) is 9.54. The number of carbonyl (C=O) groups excluding carboxylic acids is 1. The molecule has 7 N–H and O–H groups in total. The third kappa shape index (κ3) is 6.89. The molecule has 0 unspecified atom stereocenters. The molecule has 2 aromatic rings. The van der Waals surface area contributed by atoms with Crippen LogP contribution in [-0.2, 0) is 14.2 Å².